The van der Waals surface area contributed by atoms with Crippen LogP contribution >= 0.6 is 0 Å². The highest BCUT2D eigenvalue weighted by Gasteiger charge is 2.45. The first-order valence-electron chi connectivity index (χ1n) is 17.1. The SMILES string of the molecule is CCOC(=O)/C=C/c1ccc(CC(=O)C2(NC(=O)c3ccc4c(C5CCCCC5)c5n(c4c3)CCOc3ccccc3-5)CCC2)cc1. The predicted octanol–water partition coefficient (Wildman–Crippen LogP) is 7.79. The fraction of sp³-hybridized carbons (Fsp3) is 0.375. The van der Waals surface area contributed by atoms with Crippen LogP contribution in [0.5, 0.6) is 5.75 Å². The van der Waals surface area contributed by atoms with Crippen LogP contribution in [-0.4, -0.2) is 41.0 Å². The number of aromatic nitrogens is 1. The molecule has 0 spiro atoms. The number of ketones is 1. The number of amides is 1. The van der Waals surface area contributed by atoms with Crippen molar-refractivity contribution in [3.05, 3.63) is 95.1 Å². The number of fused-ring (bicyclic) bond motifs is 5. The van der Waals surface area contributed by atoms with Crippen molar-refractivity contribution in [2.24, 2.45) is 0 Å². The maximum atomic E-state index is 13.9. The van der Waals surface area contributed by atoms with Crippen molar-refractivity contribution in [1.29, 1.82) is 0 Å². The lowest BCUT2D eigenvalue weighted by molar-refractivity contribution is -0.137. The number of hydrogen-bond acceptors (Lipinski definition) is 5. The normalized spacial score (nSPS) is 17.2. The number of para-hydroxylation sites is 1. The Balaban J connectivity index is 1.14. The van der Waals surface area contributed by atoms with Crippen LogP contribution in [0.15, 0.2) is 72.8 Å². The van der Waals surface area contributed by atoms with Crippen LogP contribution < -0.4 is 10.1 Å². The highest BCUT2D eigenvalue weighted by atomic mass is 16.5. The van der Waals surface area contributed by atoms with Crippen LogP contribution in [0.3, 0.4) is 0 Å². The number of nitrogens with zero attached hydrogens (tertiary/aromatic N) is 1. The van der Waals surface area contributed by atoms with Crippen molar-refractivity contribution < 1.29 is 23.9 Å². The van der Waals surface area contributed by atoms with Gasteiger partial charge in [-0.25, -0.2) is 4.79 Å². The van der Waals surface area contributed by atoms with E-state index in [4.69, 9.17) is 9.47 Å². The van der Waals surface area contributed by atoms with E-state index in [1.807, 2.05) is 42.5 Å². The summed E-state index contributed by atoms with van der Waals surface area (Å²) in [6.07, 6.45) is 11.6. The minimum absolute atomic E-state index is 0.0258. The van der Waals surface area contributed by atoms with Crippen molar-refractivity contribution in [1.82, 2.24) is 9.88 Å². The Bertz CT molecular complexity index is 1840. The first-order chi connectivity index (χ1) is 23.0. The van der Waals surface area contributed by atoms with Crippen LogP contribution in [0.1, 0.15) is 91.3 Å². The quantitative estimate of drug-likeness (QED) is 0.151. The van der Waals surface area contributed by atoms with Crippen LogP contribution in [-0.2, 0) is 27.3 Å². The average molecular weight is 631 g/mol. The van der Waals surface area contributed by atoms with Crippen molar-refractivity contribution in [3.63, 3.8) is 0 Å². The lowest BCUT2D eigenvalue weighted by Gasteiger charge is -2.41. The lowest BCUT2D eigenvalue weighted by Crippen LogP contribution is -2.59. The second-order valence-electron chi connectivity index (χ2n) is 13.1. The minimum Gasteiger partial charge on any atom is -0.491 e. The van der Waals surface area contributed by atoms with Gasteiger partial charge in [-0.15, -0.1) is 0 Å². The number of ether oxygens (including phenoxy) is 2. The zero-order valence-corrected chi connectivity index (χ0v) is 27.1. The fourth-order valence-corrected chi connectivity index (χ4v) is 7.63. The Morgan fingerprint density at radius 2 is 1.77 bits per heavy atom. The molecule has 1 amide bonds. The van der Waals surface area contributed by atoms with Crippen molar-refractivity contribution in [2.75, 3.05) is 13.2 Å². The molecule has 0 atom stereocenters. The molecule has 2 heterocycles. The van der Waals surface area contributed by atoms with Crippen LogP contribution in [0.4, 0.5) is 0 Å². The van der Waals surface area contributed by atoms with E-state index in [1.54, 1.807) is 13.0 Å². The van der Waals surface area contributed by atoms with Gasteiger partial charge in [-0.1, -0.05) is 61.7 Å². The average Bonchev–Trinajstić information content (AvgIpc) is 3.27. The van der Waals surface area contributed by atoms with Crippen molar-refractivity contribution in [2.45, 2.75) is 82.7 Å². The lowest BCUT2D eigenvalue weighted by atomic mass is 9.72. The smallest absolute Gasteiger partial charge is 0.330 e. The zero-order valence-electron chi connectivity index (χ0n) is 27.1. The molecule has 4 aromatic rings. The summed E-state index contributed by atoms with van der Waals surface area (Å²) in [5.41, 5.74) is 6.23. The molecular formula is C40H42N2O5. The molecule has 0 saturated heterocycles. The van der Waals surface area contributed by atoms with Gasteiger partial charge in [0.15, 0.2) is 5.78 Å². The molecule has 3 aliphatic rings. The molecule has 242 valence electrons. The van der Waals surface area contributed by atoms with Crippen molar-refractivity contribution in [3.8, 4) is 17.0 Å². The molecule has 2 fully saturated rings. The van der Waals surface area contributed by atoms with Gasteiger partial charge >= 0.3 is 5.97 Å². The van der Waals surface area contributed by atoms with Gasteiger partial charge in [-0.3, -0.25) is 9.59 Å². The molecule has 0 radical (unpaired) electrons. The molecule has 7 rings (SSSR count). The second-order valence-corrected chi connectivity index (χ2v) is 13.1. The van der Waals surface area contributed by atoms with E-state index < -0.39 is 5.54 Å². The summed E-state index contributed by atoms with van der Waals surface area (Å²) in [5, 5.41) is 4.40. The zero-order chi connectivity index (χ0) is 32.4. The number of nitrogens with one attached hydrogen (secondary N) is 1. The summed E-state index contributed by atoms with van der Waals surface area (Å²) in [7, 11) is 0. The number of carbonyl (C=O) groups is 3. The van der Waals surface area contributed by atoms with Crippen molar-refractivity contribution >= 4 is 34.6 Å². The standard InChI is InChI=1S/C40H42N2O5/c1-2-46-36(44)20-17-27-13-15-28(16-14-27)25-35(43)40(21-8-22-40)41-39(45)30-18-19-31-33(26-30)42-23-24-47-34-12-7-6-11-32(34)38(42)37(31)29-9-4-3-5-10-29/h6-7,11-20,26,29H,2-5,8-10,21-25H2,1H3,(H,41,45)/b20-17+. The third kappa shape index (κ3) is 6.11. The maximum absolute atomic E-state index is 13.9. The van der Waals surface area contributed by atoms with Gasteiger partial charge in [-0.2, -0.15) is 0 Å². The molecule has 7 heteroatoms. The van der Waals surface area contributed by atoms with Crippen LogP contribution in [0.25, 0.3) is 28.2 Å². The molecule has 1 aromatic heterocycles. The summed E-state index contributed by atoms with van der Waals surface area (Å²) in [6, 6.07) is 22.0. The van der Waals surface area contributed by atoms with Gasteiger partial charge in [0.25, 0.3) is 5.91 Å². The van der Waals surface area contributed by atoms with Gasteiger partial charge in [-0.05, 0) is 92.0 Å². The third-order valence-electron chi connectivity index (χ3n) is 10.2. The van der Waals surface area contributed by atoms with E-state index in [-0.39, 0.29) is 24.1 Å². The number of esters is 1. The molecule has 2 saturated carbocycles. The minimum atomic E-state index is -0.857. The van der Waals surface area contributed by atoms with E-state index in [1.165, 1.54) is 54.8 Å². The maximum Gasteiger partial charge on any atom is 0.330 e. The topological polar surface area (TPSA) is 86.6 Å². The molecule has 47 heavy (non-hydrogen) atoms. The number of Topliss-reactive ketones (excluding diaryl/α,β-unsaturated/α-hetero) is 1. The Morgan fingerprint density at radius 1 is 0.979 bits per heavy atom. The molecule has 2 aliphatic carbocycles. The van der Waals surface area contributed by atoms with Gasteiger partial charge in [0.2, 0.25) is 0 Å². The summed E-state index contributed by atoms with van der Waals surface area (Å²) < 4.78 is 13.5. The molecular weight excluding hydrogens is 588 g/mol. The van der Waals surface area contributed by atoms with E-state index in [9.17, 15) is 14.4 Å². The highest BCUT2D eigenvalue weighted by Crippen LogP contribution is 2.47. The van der Waals surface area contributed by atoms with Gasteiger partial charge in [0, 0.05) is 34.5 Å². The number of benzene rings is 3. The summed E-state index contributed by atoms with van der Waals surface area (Å²) in [4.78, 5) is 39.2. The Morgan fingerprint density at radius 3 is 2.51 bits per heavy atom. The monoisotopic (exact) mass is 630 g/mol. The summed E-state index contributed by atoms with van der Waals surface area (Å²) in [5.74, 6) is 0.825. The van der Waals surface area contributed by atoms with Crippen LogP contribution in [0, 0.1) is 0 Å². The number of rotatable bonds is 9. The summed E-state index contributed by atoms with van der Waals surface area (Å²) >= 11 is 0. The summed E-state index contributed by atoms with van der Waals surface area (Å²) in [6.45, 7) is 3.37. The van der Waals surface area contributed by atoms with Gasteiger partial charge < -0.3 is 19.4 Å². The Hall–Kier alpha value is -4.65. The van der Waals surface area contributed by atoms with Gasteiger partial charge in [0.05, 0.1) is 24.4 Å². The number of hydrogen-bond donors (Lipinski definition) is 1. The van der Waals surface area contributed by atoms with E-state index >= 15 is 0 Å². The van der Waals surface area contributed by atoms with E-state index in [0.29, 0.717) is 44.1 Å². The Kier molecular flexibility index (Phi) is 8.72. The predicted molar refractivity (Wildman–Crippen MR) is 184 cm³/mol. The van der Waals surface area contributed by atoms with Crippen LogP contribution in [0.2, 0.25) is 0 Å². The van der Waals surface area contributed by atoms with E-state index in [0.717, 1.165) is 34.4 Å². The second kappa shape index (κ2) is 13.2. The number of carbonyl (C=O) groups excluding carboxylic acids is 3. The first-order valence-corrected chi connectivity index (χ1v) is 17.1. The van der Waals surface area contributed by atoms with E-state index in [2.05, 4.69) is 34.1 Å². The molecule has 3 aromatic carbocycles. The first kappa shape index (κ1) is 31.0. The Labute approximate surface area is 275 Å². The largest absolute Gasteiger partial charge is 0.491 e. The molecule has 0 bridgehead atoms. The molecule has 7 nitrogen and oxygen atoms in total. The third-order valence-corrected chi connectivity index (χ3v) is 10.2. The van der Waals surface area contributed by atoms with Gasteiger partial charge in [0.1, 0.15) is 12.4 Å². The highest BCUT2D eigenvalue weighted by molar-refractivity contribution is 6.04. The molecule has 1 aliphatic heterocycles. The molecule has 0 unspecified atom stereocenters. The fourth-order valence-electron chi connectivity index (χ4n) is 7.63. The molecule has 1 N–H and O–H groups in total.